The highest BCUT2D eigenvalue weighted by molar-refractivity contribution is 9.10. The fourth-order valence-corrected chi connectivity index (χ4v) is 2.98. The van der Waals surface area contributed by atoms with Crippen LogP contribution in [0.1, 0.15) is 30.0 Å². The highest BCUT2D eigenvalue weighted by atomic mass is 79.9. The average Bonchev–Trinajstić information content (AvgIpc) is 3.30. The largest absolute Gasteiger partial charge is 0.490 e. The van der Waals surface area contributed by atoms with Gasteiger partial charge in [-0.25, -0.2) is 0 Å². The molecule has 1 saturated carbocycles. The first kappa shape index (κ1) is 14.9. The van der Waals surface area contributed by atoms with Crippen LogP contribution in [0.25, 0.3) is 0 Å². The van der Waals surface area contributed by atoms with Crippen LogP contribution >= 0.6 is 27.5 Å². The van der Waals surface area contributed by atoms with Crippen LogP contribution in [-0.4, -0.2) is 13.2 Å². The summed E-state index contributed by atoms with van der Waals surface area (Å²) in [6, 6.07) is 14.3. The summed E-state index contributed by atoms with van der Waals surface area (Å²) in [5, 5.41) is 4.07. The van der Waals surface area contributed by atoms with Crippen molar-refractivity contribution < 1.29 is 4.74 Å². The van der Waals surface area contributed by atoms with Gasteiger partial charge in [0.2, 0.25) is 0 Å². The number of ether oxygens (including phenoxy) is 1. The standard InChI is InChI=1S/C17H17BrClNO/c1-20-17(14-3-2-4-15(18)16(14)19)11-5-7-12(8-6-11)21-13-9-10-13/h2-8,13,17,20H,9-10H2,1H3. The van der Waals surface area contributed by atoms with Crippen molar-refractivity contribution in [3.63, 3.8) is 0 Å². The fourth-order valence-electron chi connectivity index (χ4n) is 2.36. The third-order valence-corrected chi connectivity index (χ3v) is 4.93. The van der Waals surface area contributed by atoms with E-state index in [1.807, 2.05) is 37.4 Å². The van der Waals surface area contributed by atoms with Crippen molar-refractivity contribution in [2.24, 2.45) is 0 Å². The summed E-state index contributed by atoms with van der Waals surface area (Å²) < 4.78 is 6.70. The molecular weight excluding hydrogens is 350 g/mol. The monoisotopic (exact) mass is 365 g/mol. The van der Waals surface area contributed by atoms with Gasteiger partial charge in [0.15, 0.2) is 0 Å². The lowest BCUT2D eigenvalue weighted by Gasteiger charge is -2.19. The summed E-state index contributed by atoms with van der Waals surface area (Å²) in [7, 11) is 1.94. The second-order valence-electron chi connectivity index (χ2n) is 5.25. The lowest BCUT2D eigenvalue weighted by atomic mass is 9.99. The van der Waals surface area contributed by atoms with E-state index < -0.39 is 0 Å². The Morgan fingerprint density at radius 3 is 2.52 bits per heavy atom. The van der Waals surface area contributed by atoms with E-state index in [2.05, 4.69) is 33.4 Å². The Kier molecular flexibility index (Phi) is 4.53. The molecular formula is C17H17BrClNO. The van der Waals surface area contributed by atoms with Crippen LogP contribution in [0.4, 0.5) is 0 Å². The van der Waals surface area contributed by atoms with E-state index in [0.29, 0.717) is 6.10 Å². The van der Waals surface area contributed by atoms with Crippen molar-refractivity contribution >= 4 is 27.5 Å². The molecule has 2 aromatic carbocycles. The van der Waals surface area contributed by atoms with Crippen LogP contribution in [0, 0.1) is 0 Å². The van der Waals surface area contributed by atoms with Gasteiger partial charge in [-0.1, -0.05) is 35.9 Å². The molecule has 0 amide bonds. The summed E-state index contributed by atoms with van der Waals surface area (Å²) >= 11 is 9.90. The molecule has 0 aliphatic heterocycles. The fraction of sp³-hybridized carbons (Fsp3) is 0.294. The molecule has 0 bridgehead atoms. The Labute approximate surface area is 138 Å². The summed E-state index contributed by atoms with van der Waals surface area (Å²) in [6.45, 7) is 0. The van der Waals surface area contributed by atoms with Gasteiger partial charge < -0.3 is 10.1 Å². The summed E-state index contributed by atoms with van der Waals surface area (Å²) in [4.78, 5) is 0. The molecule has 0 spiro atoms. The van der Waals surface area contributed by atoms with Crippen molar-refractivity contribution in [2.45, 2.75) is 25.0 Å². The molecule has 1 aliphatic carbocycles. The molecule has 3 rings (SSSR count). The first-order chi connectivity index (χ1) is 10.2. The van der Waals surface area contributed by atoms with Crippen molar-refractivity contribution in [1.82, 2.24) is 5.32 Å². The second kappa shape index (κ2) is 6.39. The van der Waals surface area contributed by atoms with E-state index in [0.717, 1.165) is 20.8 Å². The van der Waals surface area contributed by atoms with Crippen LogP contribution in [-0.2, 0) is 0 Å². The average molecular weight is 367 g/mol. The minimum absolute atomic E-state index is 0.0602. The predicted molar refractivity (Wildman–Crippen MR) is 90.1 cm³/mol. The Morgan fingerprint density at radius 1 is 1.19 bits per heavy atom. The molecule has 1 unspecified atom stereocenters. The molecule has 0 aromatic heterocycles. The smallest absolute Gasteiger partial charge is 0.119 e. The molecule has 1 atom stereocenters. The molecule has 1 N–H and O–H groups in total. The third-order valence-electron chi connectivity index (χ3n) is 3.62. The van der Waals surface area contributed by atoms with Crippen LogP contribution in [0.3, 0.4) is 0 Å². The highest BCUT2D eigenvalue weighted by Gasteiger charge is 2.23. The van der Waals surface area contributed by atoms with Crippen LogP contribution in [0.15, 0.2) is 46.9 Å². The maximum atomic E-state index is 6.41. The Balaban J connectivity index is 1.86. The van der Waals surface area contributed by atoms with E-state index in [9.17, 15) is 0 Å². The second-order valence-corrected chi connectivity index (χ2v) is 6.48. The van der Waals surface area contributed by atoms with E-state index in [1.165, 1.54) is 18.4 Å². The van der Waals surface area contributed by atoms with Crippen LogP contribution in [0.5, 0.6) is 5.75 Å². The Hall–Kier alpha value is -1.03. The lowest BCUT2D eigenvalue weighted by molar-refractivity contribution is 0.303. The Morgan fingerprint density at radius 2 is 1.90 bits per heavy atom. The highest BCUT2D eigenvalue weighted by Crippen LogP contribution is 2.34. The topological polar surface area (TPSA) is 21.3 Å². The molecule has 2 aromatic rings. The van der Waals surface area contributed by atoms with Gasteiger partial charge >= 0.3 is 0 Å². The zero-order valence-corrected chi connectivity index (χ0v) is 14.1. The summed E-state index contributed by atoms with van der Waals surface area (Å²) in [6.07, 6.45) is 2.78. The number of halogens is 2. The van der Waals surface area contributed by atoms with Gasteiger partial charge in [-0.05, 0) is 65.1 Å². The third kappa shape index (κ3) is 3.42. The van der Waals surface area contributed by atoms with Crippen LogP contribution < -0.4 is 10.1 Å². The zero-order valence-electron chi connectivity index (χ0n) is 11.8. The number of hydrogen-bond acceptors (Lipinski definition) is 2. The van der Waals surface area contributed by atoms with Gasteiger partial charge in [-0.3, -0.25) is 0 Å². The van der Waals surface area contributed by atoms with E-state index in [-0.39, 0.29) is 6.04 Å². The van der Waals surface area contributed by atoms with Crippen molar-refractivity contribution in [1.29, 1.82) is 0 Å². The molecule has 1 aliphatic rings. The van der Waals surface area contributed by atoms with Gasteiger partial charge in [0.25, 0.3) is 0 Å². The first-order valence-corrected chi connectivity index (χ1v) is 8.24. The van der Waals surface area contributed by atoms with E-state index in [4.69, 9.17) is 16.3 Å². The molecule has 2 nitrogen and oxygen atoms in total. The van der Waals surface area contributed by atoms with Crippen molar-refractivity contribution in [3.05, 3.63) is 63.1 Å². The molecule has 21 heavy (non-hydrogen) atoms. The zero-order chi connectivity index (χ0) is 14.8. The van der Waals surface area contributed by atoms with Crippen molar-refractivity contribution in [3.8, 4) is 5.75 Å². The SMILES string of the molecule is CNC(c1ccc(OC2CC2)cc1)c1cccc(Br)c1Cl. The van der Waals surface area contributed by atoms with E-state index >= 15 is 0 Å². The number of benzene rings is 2. The Bertz CT molecular complexity index is 625. The quantitative estimate of drug-likeness (QED) is 0.808. The lowest BCUT2D eigenvalue weighted by Crippen LogP contribution is -2.18. The maximum absolute atomic E-state index is 6.41. The number of rotatable bonds is 5. The van der Waals surface area contributed by atoms with Crippen LogP contribution in [0.2, 0.25) is 5.02 Å². The molecule has 4 heteroatoms. The van der Waals surface area contributed by atoms with Gasteiger partial charge in [0.1, 0.15) is 5.75 Å². The summed E-state index contributed by atoms with van der Waals surface area (Å²) in [5.41, 5.74) is 2.23. The first-order valence-electron chi connectivity index (χ1n) is 7.07. The predicted octanol–water partition coefficient (Wildman–Crippen LogP) is 4.95. The minimum atomic E-state index is 0.0602. The normalized spacial score (nSPS) is 15.8. The number of nitrogens with one attached hydrogen (secondary N) is 1. The van der Waals surface area contributed by atoms with E-state index in [1.54, 1.807) is 0 Å². The molecule has 0 saturated heterocycles. The van der Waals surface area contributed by atoms with Gasteiger partial charge in [-0.2, -0.15) is 0 Å². The minimum Gasteiger partial charge on any atom is -0.490 e. The van der Waals surface area contributed by atoms with Gasteiger partial charge in [0, 0.05) is 4.47 Å². The number of hydrogen-bond donors (Lipinski definition) is 1. The molecule has 0 radical (unpaired) electrons. The van der Waals surface area contributed by atoms with Crippen molar-refractivity contribution in [2.75, 3.05) is 7.05 Å². The maximum Gasteiger partial charge on any atom is 0.119 e. The molecule has 110 valence electrons. The summed E-state index contributed by atoms with van der Waals surface area (Å²) in [5.74, 6) is 0.941. The van der Waals surface area contributed by atoms with Gasteiger partial charge in [-0.15, -0.1) is 0 Å². The van der Waals surface area contributed by atoms with Gasteiger partial charge in [0.05, 0.1) is 17.2 Å². The molecule has 1 fully saturated rings. The molecule has 0 heterocycles.